The van der Waals surface area contributed by atoms with Crippen molar-refractivity contribution in [3.8, 4) is 0 Å². The number of rotatable bonds is 2. The highest BCUT2D eigenvalue weighted by molar-refractivity contribution is 5.99. The van der Waals surface area contributed by atoms with Gasteiger partial charge in [0, 0.05) is 31.6 Å². The normalized spacial score (nSPS) is 15.7. The Labute approximate surface area is 136 Å². The number of hydrogen-bond acceptors (Lipinski definition) is 5. The van der Waals surface area contributed by atoms with Crippen LogP contribution in [0.1, 0.15) is 31.1 Å². The summed E-state index contributed by atoms with van der Waals surface area (Å²) in [6.07, 6.45) is 0. The standard InChI is InChI=1S/C18H23N3O2/c1-18(2,3)23-17(22)14-12-13-6-4-5-7-15(13)20-16(14)21-10-8-19-9-11-21/h4-7,12,19H,8-11H2,1-3H3. The van der Waals surface area contributed by atoms with Crippen molar-refractivity contribution in [1.29, 1.82) is 0 Å². The lowest BCUT2D eigenvalue weighted by Gasteiger charge is -2.30. The van der Waals surface area contributed by atoms with Gasteiger partial charge < -0.3 is 15.0 Å². The first-order valence-corrected chi connectivity index (χ1v) is 8.03. The number of carbonyl (C=O) groups excluding carboxylic acids is 1. The Morgan fingerprint density at radius 1 is 1.22 bits per heavy atom. The van der Waals surface area contributed by atoms with Crippen LogP contribution in [-0.2, 0) is 4.74 Å². The second-order valence-electron chi connectivity index (χ2n) is 6.79. The van der Waals surface area contributed by atoms with Gasteiger partial charge in [0.25, 0.3) is 0 Å². The minimum atomic E-state index is -0.524. The summed E-state index contributed by atoms with van der Waals surface area (Å²) in [5.74, 6) is 0.406. The first-order chi connectivity index (χ1) is 10.9. The zero-order valence-corrected chi connectivity index (χ0v) is 13.9. The molecule has 0 aliphatic carbocycles. The van der Waals surface area contributed by atoms with Crippen LogP contribution in [0.3, 0.4) is 0 Å². The second kappa shape index (κ2) is 6.16. The number of fused-ring (bicyclic) bond motifs is 1. The number of benzene rings is 1. The van der Waals surface area contributed by atoms with Crippen LogP contribution in [0.4, 0.5) is 5.82 Å². The number of aromatic nitrogens is 1. The van der Waals surface area contributed by atoms with E-state index >= 15 is 0 Å². The molecule has 2 heterocycles. The molecule has 122 valence electrons. The topological polar surface area (TPSA) is 54.5 Å². The van der Waals surface area contributed by atoms with E-state index in [-0.39, 0.29) is 5.97 Å². The van der Waals surface area contributed by atoms with E-state index in [2.05, 4.69) is 10.2 Å². The predicted molar refractivity (Wildman–Crippen MR) is 92.0 cm³/mol. The molecule has 2 aromatic rings. The summed E-state index contributed by atoms with van der Waals surface area (Å²) in [7, 11) is 0. The van der Waals surface area contributed by atoms with E-state index in [9.17, 15) is 4.79 Å². The number of piperazine rings is 1. The maximum atomic E-state index is 12.7. The van der Waals surface area contributed by atoms with Crippen LogP contribution in [-0.4, -0.2) is 42.7 Å². The lowest BCUT2D eigenvalue weighted by molar-refractivity contribution is 0.00701. The molecule has 1 aliphatic heterocycles. The molecule has 0 radical (unpaired) electrons. The Kier molecular flexibility index (Phi) is 4.22. The van der Waals surface area contributed by atoms with E-state index in [4.69, 9.17) is 9.72 Å². The average Bonchev–Trinajstić information content (AvgIpc) is 2.53. The van der Waals surface area contributed by atoms with E-state index in [1.165, 1.54) is 0 Å². The first kappa shape index (κ1) is 15.7. The summed E-state index contributed by atoms with van der Waals surface area (Å²) in [4.78, 5) is 19.6. The zero-order valence-electron chi connectivity index (χ0n) is 13.9. The van der Waals surface area contributed by atoms with Crippen LogP contribution in [0.2, 0.25) is 0 Å². The Morgan fingerprint density at radius 2 is 1.91 bits per heavy atom. The van der Waals surface area contributed by atoms with Gasteiger partial charge in [-0.25, -0.2) is 9.78 Å². The number of para-hydroxylation sites is 1. The molecule has 0 unspecified atom stereocenters. The minimum Gasteiger partial charge on any atom is -0.456 e. The largest absolute Gasteiger partial charge is 0.456 e. The number of nitrogens with one attached hydrogen (secondary N) is 1. The molecule has 1 aromatic carbocycles. The molecule has 5 heteroatoms. The number of anilines is 1. The molecule has 23 heavy (non-hydrogen) atoms. The van der Waals surface area contributed by atoms with Crippen LogP contribution in [0.25, 0.3) is 10.9 Å². The quantitative estimate of drug-likeness (QED) is 0.864. The van der Waals surface area contributed by atoms with Crippen molar-refractivity contribution >= 4 is 22.7 Å². The van der Waals surface area contributed by atoms with Crippen LogP contribution < -0.4 is 10.2 Å². The Bertz CT molecular complexity index is 716. The summed E-state index contributed by atoms with van der Waals surface area (Å²) in [5.41, 5.74) is 0.914. The summed E-state index contributed by atoms with van der Waals surface area (Å²) in [6.45, 7) is 9.09. The molecule has 0 amide bonds. The number of hydrogen-bond donors (Lipinski definition) is 1. The van der Waals surface area contributed by atoms with Gasteiger partial charge in [-0.2, -0.15) is 0 Å². The van der Waals surface area contributed by atoms with Crippen LogP contribution in [0.15, 0.2) is 30.3 Å². The lowest BCUT2D eigenvalue weighted by atomic mass is 10.1. The molecule has 0 spiro atoms. The Morgan fingerprint density at radius 3 is 2.61 bits per heavy atom. The third-order valence-electron chi connectivity index (χ3n) is 3.74. The van der Waals surface area contributed by atoms with Gasteiger partial charge in [0.2, 0.25) is 0 Å². The molecule has 3 rings (SSSR count). The highest BCUT2D eigenvalue weighted by Gasteiger charge is 2.25. The van der Waals surface area contributed by atoms with Gasteiger partial charge >= 0.3 is 5.97 Å². The molecule has 5 nitrogen and oxygen atoms in total. The number of esters is 1. The van der Waals surface area contributed by atoms with Crippen molar-refractivity contribution in [2.75, 3.05) is 31.1 Å². The van der Waals surface area contributed by atoms with Crippen molar-refractivity contribution in [1.82, 2.24) is 10.3 Å². The van der Waals surface area contributed by atoms with Gasteiger partial charge in [-0.3, -0.25) is 0 Å². The molecule has 0 saturated carbocycles. The average molecular weight is 313 g/mol. The Balaban J connectivity index is 2.06. The van der Waals surface area contributed by atoms with Crippen molar-refractivity contribution < 1.29 is 9.53 Å². The maximum absolute atomic E-state index is 12.7. The third kappa shape index (κ3) is 3.62. The van der Waals surface area contributed by atoms with Crippen molar-refractivity contribution in [3.63, 3.8) is 0 Å². The summed E-state index contributed by atoms with van der Waals surface area (Å²) in [5, 5.41) is 4.27. The van der Waals surface area contributed by atoms with Crippen molar-refractivity contribution in [2.45, 2.75) is 26.4 Å². The van der Waals surface area contributed by atoms with Gasteiger partial charge in [0.05, 0.1) is 5.52 Å². The van der Waals surface area contributed by atoms with Gasteiger partial charge in [0.15, 0.2) is 0 Å². The summed E-state index contributed by atoms with van der Waals surface area (Å²) < 4.78 is 5.58. The highest BCUT2D eigenvalue weighted by Crippen LogP contribution is 2.26. The van der Waals surface area contributed by atoms with E-state index < -0.39 is 5.60 Å². The molecule has 1 N–H and O–H groups in total. The minimum absolute atomic E-state index is 0.315. The number of carbonyl (C=O) groups is 1. The van der Waals surface area contributed by atoms with E-state index in [1.54, 1.807) is 0 Å². The summed E-state index contributed by atoms with van der Waals surface area (Å²) >= 11 is 0. The number of nitrogens with zero attached hydrogens (tertiary/aromatic N) is 2. The first-order valence-electron chi connectivity index (χ1n) is 8.03. The fourth-order valence-electron chi connectivity index (χ4n) is 2.71. The van der Waals surface area contributed by atoms with Gasteiger partial charge in [0.1, 0.15) is 17.0 Å². The van der Waals surface area contributed by atoms with E-state index in [1.807, 2.05) is 51.1 Å². The summed E-state index contributed by atoms with van der Waals surface area (Å²) in [6, 6.07) is 9.75. The molecule has 1 aromatic heterocycles. The molecule has 0 bridgehead atoms. The monoisotopic (exact) mass is 313 g/mol. The number of ether oxygens (including phenoxy) is 1. The van der Waals surface area contributed by atoms with E-state index in [0.717, 1.165) is 42.9 Å². The van der Waals surface area contributed by atoms with E-state index in [0.29, 0.717) is 5.56 Å². The second-order valence-corrected chi connectivity index (χ2v) is 6.79. The maximum Gasteiger partial charge on any atom is 0.342 e. The lowest BCUT2D eigenvalue weighted by Crippen LogP contribution is -2.44. The third-order valence-corrected chi connectivity index (χ3v) is 3.74. The molecule has 1 saturated heterocycles. The smallest absolute Gasteiger partial charge is 0.342 e. The SMILES string of the molecule is CC(C)(C)OC(=O)c1cc2ccccc2nc1N1CCNCC1. The molecule has 1 fully saturated rings. The predicted octanol–water partition coefficient (Wildman–Crippen LogP) is 2.60. The van der Waals surface area contributed by atoms with Crippen LogP contribution >= 0.6 is 0 Å². The molecule has 1 aliphatic rings. The molecular weight excluding hydrogens is 290 g/mol. The molecular formula is C18H23N3O2. The van der Waals surface area contributed by atoms with Crippen molar-refractivity contribution in [2.24, 2.45) is 0 Å². The fourth-order valence-corrected chi connectivity index (χ4v) is 2.71. The van der Waals surface area contributed by atoms with Gasteiger partial charge in [-0.15, -0.1) is 0 Å². The van der Waals surface area contributed by atoms with Crippen LogP contribution in [0, 0.1) is 0 Å². The number of pyridine rings is 1. The molecule has 0 atom stereocenters. The van der Waals surface area contributed by atoms with Crippen LogP contribution in [0.5, 0.6) is 0 Å². The highest BCUT2D eigenvalue weighted by atomic mass is 16.6. The van der Waals surface area contributed by atoms with Gasteiger partial charge in [-0.05, 0) is 32.9 Å². The zero-order chi connectivity index (χ0) is 16.4. The van der Waals surface area contributed by atoms with Crippen molar-refractivity contribution in [3.05, 3.63) is 35.9 Å². The Hall–Kier alpha value is -2.14. The fraction of sp³-hybridized carbons (Fsp3) is 0.444. The van der Waals surface area contributed by atoms with Gasteiger partial charge in [-0.1, -0.05) is 18.2 Å².